The summed E-state index contributed by atoms with van der Waals surface area (Å²) in [5.41, 5.74) is 3.78. The minimum atomic E-state index is -4.11. The van der Waals surface area contributed by atoms with Crippen LogP contribution in [0.2, 0.25) is 5.02 Å². The van der Waals surface area contributed by atoms with Gasteiger partial charge in [0.05, 0.1) is 10.6 Å². The van der Waals surface area contributed by atoms with Crippen molar-refractivity contribution in [2.45, 2.75) is 71.5 Å². The first kappa shape index (κ1) is 31.2. The quantitative estimate of drug-likeness (QED) is 0.309. The summed E-state index contributed by atoms with van der Waals surface area (Å²) in [6.07, 6.45) is 0.735. The van der Waals surface area contributed by atoms with Gasteiger partial charge in [-0.2, -0.15) is 0 Å². The Morgan fingerprint density at radius 3 is 2.08 bits per heavy atom. The number of hydrogen-bond acceptors (Lipinski definition) is 4. The number of amides is 2. The fourth-order valence-electron chi connectivity index (χ4n) is 4.27. The first-order chi connectivity index (χ1) is 18.8. The van der Waals surface area contributed by atoms with Crippen LogP contribution < -0.4 is 9.62 Å². The minimum absolute atomic E-state index is 0.0731. The molecule has 3 aromatic carbocycles. The average Bonchev–Trinajstić information content (AvgIpc) is 2.91. The summed E-state index contributed by atoms with van der Waals surface area (Å²) in [7, 11) is -4.11. The van der Waals surface area contributed by atoms with Crippen molar-refractivity contribution < 1.29 is 18.0 Å². The highest BCUT2D eigenvalue weighted by atomic mass is 35.5. The Labute approximate surface area is 243 Å². The Kier molecular flexibility index (Phi) is 10.4. The third-order valence-electron chi connectivity index (χ3n) is 6.94. The van der Waals surface area contributed by atoms with Gasteiger partial charge in [-0.15, -0.1) is 0 Å². The predicted molar refractivity (Wildman–Crippen MR) is 161 cm³/mol. The fraction of sp³-hybridized carbons (Fsp3) is 0.355. The van der Waals surface area contributed by atoms with E-state index in [0.717, 1.165) is 33.0 Å². The van der Waals surface area contributed by atoms with Crippen LogP contribution in [0.25, 0.3) is 0 Å². The molecule has 0 heterocycles. The third kappa shape index (κ3) is 7.64. The third-order valence-corrected chi connectivity index (χ3v) is 8.97. The van der Waals surface area contributed by atoms with Crippen LogP contribution in [0.15, 0.2) is 71.6 Å². The number of rotatable bonds is 11. The molecule has 0 aliphatic rings. The van der Waals surface area contributed by atoms with Crippen LogP contribution >= 0.6 is 11.6 Å². The number of benzene rings is 3. The van der Waals surface area contributed by atoms with E-state index < -0.39 is 28.5 Å². The van der Waals surface area contributed by atoms with Gasteiger partial charge in [-0.05, 0) is 82.5 Å². The zero-order valence-electron chi connectivity index (χ0n) is 23.9. The van der Waals surface area contributed by atoms with Crippen molar-refractivity contribution in [3.63, 3.8) is 0 Å². The highest BCUT2D eigenvalue weighted by Gasteiger charge is 2.33. The molecule has 0 radical (unpaired) electrons. The monoisotopic (exact) mass is 583 g/mol. The van der Waals surface area contributed by atoms with Gasteiger partial charge in [0.1, 0.15) is 12.6 Å². The van der Waals surface area contributed by atoms with E-state index in [1.807, 2.05) is 46.8 Å². The molecular formula is C31H38ClN3O4S. The van der Waals surface area contributed by atoms with Crippen LogP contribution in [0.4, 0.5) is 5.69 Å². The van der Waals surface area contributed by atoms with Crippen molar-refractivity contribution >= 4 is 39.1 Å². The molecule has 0 aliphatic carbocycles. The maximum atomic E-state index is 14.0. The lowest BCUT2D eigenvalue weighted by atomic mass is 10.1. The van der Waals surface area contributed by atoms with E-state index in [1.165, 1.54) is 4.90 Å². The van der Waals surface area contributed by atoms with Crippen LogP contribution in [0, 0.1) is 20.8 Å². The number of sulfonamides is 1. The number of hydrogen-bond donors (Lipinski definition) is 1. The summed E-state index contributed by atoms with van der Waals surface area (Å²) in [6.45, 7) is 10.8. The summed E-state index contributed by atoms with van der Waals surface area (Å²) in [6, 6.07) is 18.0. The number of aryl methyl sites for hydroxylation is 3. The number of anilines is 1. The molecule has 3 aromatic rings. The Balaban J connectivity index is 2.05. The van der Waals surface area contributed by atoms with E-state index >= 15 is 0 Å². The van der Waals surface area contributed by atoms with E-state index in [-0.39, 0.29) is 23.4 Å². The highest BCUT2D eigenvalue weighted by molar-refractivity contribution is 7.92. The van der Waals surface area contributed by atoms with E-state index in [4.69, 9.17) is 11.6 Å². The molecule has 0 spiro atoms. The lowest BCUT2D eigenvalue weighted by Gasteiger charge is -2.33. The molecule has 1 N–H and O–H groups in total. The number of carbonyl (C=O) groups is 2. The van der Waals surface area contributed by atoms with E-state index in [1.54, 1.807) is 61.5 Å². The van der Waals surface area contributed by atoms with E-state index in [9.17, 15) is 18.0 Å². The molecular weight excluding hydrogens is 546 g/mol. The summed E-state index contributed by atoms with van der Waals surface area (Å²) in [5, 5.41) is 3.49. The predicted octanol–water partition coefficient (Wildman–Crippen LogP) is 5.79. The summed E-state index contributed by atoms with van der Waals surface area (Å²) >= 11 is 6.06. The van der Waals surface area contributed by atoms with Crippen LogP contribution in [-0.4, -0.2) is 43.8 Å². The fourth-order valence-corrected chi connectivity index (χ4v) is 5.88. The molecule has 0 saturated carbocycles. The van der Waals surface area contributed by atoms with Crippen molar-refractivity contribution in [3.05, 3.63) is 94.0 Å². The first-order valence-electron chi connectivity index (χ1n) is 13.3. The van der Waals surface area contributed by atoms with Crippen LogP contribution in [0.3, 0.4) is 0 Å². The van der Waals surface area contributed by atoms with E-state index in [2.05, 4.69) is 5.32 Å². The number of carbonyl (C=O) groups excluding carboxylic acids is 2. The molecule has 0 aromatic heterocycles. The van der Waals surface area contributed by atoms with Crippen molar-refractivity contribution in [1.82, 2.24) is 10.2 Å². The van der Waals surface area contributed by atoms with Crippen LogP contribution in [0.1, 0.15) is 49.4 Å². The zero-order valence-corrected chi connectivity index (χ0v) is 25.5. The second kappa shape index (κ2) is 13.3. The Morgan fingerprint density at radius 2 is 1.50 bits per heavy atom. The number of nitrogens with one attached hydrogen (secondary N) is 1. The maximum Gasteiger partial charge on any atom is 0.264 e. The molecule has 9 heteroatoms. The summed E-state index contributed by atoms with van der Waals surface area (Å²) < 4.78 is 29.1. The van der Waals surface area contributed by atoms with Crippen molar-refractivity contribution in [3.8, 4) is 0 Å². The standard InChI is InChI=1S/C31H38ClN3O4S/c1-7-24(5)33-31(37)25(6)34(19-26-11-13-27(32)14-12-26)30(36)20-35(29-17-10-22(3)18-23(29)4)40(38,39)28-15-8-21(2)9-16-28/h8-18,24-25H,7,19-20H2,1-6H3,(H,33,37)/t24-,25+/m1/s1. The minimum Gasteiger partial charge on any atom is -0.352 e. The van der Waals surface area contributed by atoms with Gasteiger partial charge in [0, 0.05) is 17.6 Å². The number of nitrogens with zero attached hydrogens (tertiary/aromatic N) is 2. The van der Waals surface area contributed by atoms with Crippen molar-refractivity contribution in [2.24, 2.45) is 0 Å². The number of halogens is 1. The lowest BCUT2D eigenvalue weighted by Crippen LogP contribution is -2.52. The molecule has 7 nitrogen and oxygen atoms in total. The maximum absolute atomic E-state index is 14.0. The molecule has 0 unspecified atom stereocenters. The lowest BCUT2D eigenvalue weighted by molar-refractivity contribution is -0.139. The smallest absolute Gasteiger partial charge is 0.264 e. The molecule has 214 valence electrons. The van der Waals surface area contributed by atoms with Gasteiger partial charge in [0.25, 0.3) is 10.0 Å². The van der Waals surface area contributed by atoms with Gasteiger partial charge < -0.3 is 10.2 Å². The van der Waals surface area contributed by atoms with Gasteiger partial charge >= 0.3 is 0 Å². The normalized spacial score (nSPS) is 12.9. The SMILES string of the molecule is CC[C@@H](C)NC(=O)[C@H](C)N(Cc1ccc(Cl)cc1)C(=O)CN(c1ccc(C)cc1C)S(=O)(=O)c1ccc(C)cc1. The first-order valence-corrected chi connectivity index (χ1v) is 15.2. The Morgan fingerprint density at radius 1 is 0.900 bits per heavy atom. The van der Waals surface area contributed by atoms with Gasteiger partial charge in [-0.25, -0.2) is 8.42 Å². The zero-order chi connectivity index (χ0) is 29.6. The summed E-state index contributed by atoms with van der Waals surface area (Å²) in [4.78, 5) is 28.7. The molecule has 0 saturated heterocycles. The summed E-state index contributed by atoms with van der Waals surface area (Å²) in [5.74, 6) is -0.812. The highest BCUT2D eigenvalue weighted by Crippen LogP contribution is 2.28. The van der Waals surface area contributed by atoms with Crippen molar-refractivity contribution in [1.29, 1.82) is 0 Å². The second-order valence-corrected chi connectivity index (χ2v) is 12.6. The van der Waals surface area contributed by atoms with Gasteiger partial charge in [0.15, 0.2) is 0 Å². The van der Waals surface area contributed by atoms with Crippen molar-refractivity contribution in [2.75, 3.05) is 10.8 Å². The molecule has 40 heavy (non-hydrogen) atoms. The van der Waals surface area contributed by atoms with Crippen LogP contribution in [0.5, 0.6) is 0 Å². The molecule has 0 aliphatic heterocycles. The van der Waals surface area contributed by atoms with E-state index in [0.29, 0.717) is 10.7 Å². The Bertz CT molecular complexity index is 1440. The second-order valence-electron chi connectivity index (χ2n) is 10.3. The van der Waals surface area contributed by atoms with Crippen LogP contribution in [-0.2, 0) is 26.2 Å². The molecule has 0 bridgehead atoms. The Hall–Kier alpha value is -3.36. The molecule has 2 amide bonds. The molecule has 3 rings (SSSR count). The molecule has 0 fully saturated rings. The largest absolute Gasteiger partial charge is 0.352 e. The van der Waals surface area contributed by atoms with Gasteiger partial charge in [0.2, 0.25) is 11.8 Å². The van der Waals surface area contributed by atoms with Gasteiger partial charge in [-0.1, -0.05) is 66.0 Å². The van der Waals surface area contributed by atoms with Gasteiger partial charge in [-0.3, -0.25) is 13.9 Å². The topological polar surface area (TPSA) is 86.8 Å². The average molecular weight is 584 g/mol. The molecule has 2 atom stereocenters.